The van der Waals surface area contributed by atoms with Crippen LogP contribution in [-0.2, 0) is 12.4 Å². The summed E-state index contributed by atoms with van der Waals surface area (Å²) in [5.74, 6) is -17.6. The third-order valence-electron chi connectivity index (χ3n) is 9.22. The Morgan fingerprint density at radius 2 is 0.853 bits per heavy atom. The van der Waals surface area contributed by atoms with Gasteiger partial charge in [0.15, 0.2) is 34.6 Å². The molecule has 0 spiro atoms. The lowest BCUT2D eigenvalue weighted by Gasteiger charge is -2.18. The quantitative estimate of drug-likeness (QED) is 0.0691. The fourth-order valence-electron chi connectivity index (χ4n) is 6.07. The van der Waals surface area contributed by atoms with Gasteiger partial charge in [0.1, 0.15) is 45.8 Å². The van der Waals surface area contributed by atoms with E-state index in [4.69, 9.17) is 25.7 Å². The molecule has 0 heterocycles. The molecule has 0 bridgehead atoms. The first kappa shape index (κ1) is 56.8. The minimum absolute atomic E-state index is 0.225. The van der Waals surface area contributed by atoms with Crippen molar-refractivity contribution in [1.82, 2.24) is 0 Å². The number of nitrogens with one attached hydrogen (secondary N) is 2. The molecule has 6 aromatic rings. The number of phenols is 1. The van der Waals surface area contributed by atoms with Gasteiger partial charge >= 0.3 is 25.1 Å². The summed E-state index contributed by atoms with van der Waals surface area (Å²) in [5.41, 5.74) is 1.63. The van der Waals surface area contributed by atoms with E-state index in [2.05, 4.69) is 9.47 Å². The van der Waals surface area contributed by atoms with Crippen LogP contribution in [0.25, 0.3) is 0 Å². The average molecular weight is 1090 g/mol. The van der Waals surface area contributed by atoms with Crippen LogP contribution in [0, 0.1) is 23.3 Å². The number of nitrogens with two attached hydrogens (primary N) is 2. The first-order chi connectivity index (χ1) is 34.7. The van der Waals surface area contributed by atoms with E-state index < -0.39 is 151 Å². The van der Waals surface area contributed by atoms with Crippen LogP contribution in [0.2, 0.25) is 0 Å². The first-order valence-corrected chi connectivity index (χ1v) is 19.7. The van der Waals surface area contributed by atoms with E-state index in [1.807, 2.05) is 10.6 Å². The molecular weight excluding hydrogens is 1060 g/mol. The molecule has 0 aliphatic rings. The van der Waals surface area contributed by atoms with Crippen molar-refractivity contribution in [3.05, 3.63) is 154 Å². The maximum Gasteiger partial charge on any atom is 0.573 e. The molecule has 7 N–H and O–H groups in total. The molecular formula is C45H26F16N4O10. The summed E-state index contributed by atoms with van der Waals surface area (Å²) in [6, 6.07) is 10.6. The predicted octanol–water partition coefficient (Wildman–Crippen LogP) is 11.8. The lowest BCUT2D eigenvalue weighted by Crippen LogP contribution is -2.20. The Labute approximate surface area is 406 Å². The summed E-state index contributed by atoms with van der Waals surface area (Å²) in [6.07, 6.45) is -20.7. The zero-order valence-corrected chi connectivity index (χ0v) is 36.6. The summed E-state index contributed by atoms with van der Waals surface area (Å²) in [7, 11) is 1.02. The topological polar surface area (TPSA) is 211 Å². The van der Waals surface area contributed by atoms with Crippen LogP contribution in [0.3, 0.4) is 0 Å². The smallest absolute Gasteiger partial charge is 0.504 e. The number of phenolic OH excluding ortho intramolecular Hbond substituents is 1. The Kier molecular flexibility index (Phi) is 16.6. The van der Waals surface area contributed by atoms with Crippen molar-refractivity contribution in [1.29, 1.82) is 0 Å². The molecule has 6 rings (SSSR count). The highest BCUT2D eigenvalue weighted by molar-refractivity contribution is 6.08. The van der Waals surface area contributed by atoms with Crippen LogP contribution in [0.5, 0.6) is 46.0 Å². The number of ether oxygens (including phenoxy) is 5. The van der Waals surface area contributed by atoms with Crippen molar-refractivity contribution in [3.8, 4) is 46.0 Å². The van der Waals surface area contributed by atoms with Crippen LogP contribution in [0.4, 0.5) is 81.6 Å². The SMILES string of the molecule is COc1cc(OC(F)(F)F)ccc1Oc1ccc(C(F)(F)F)c(F)c1C(=O)Nc1ccc(F)c(C(N)=O)c1.NC(=O)c1cc(NC(=O)c2c(Oc3ccc(OC(F)(F)F)cc3O)ccc(C(F)(F)F)c2F)ccc1F. The summed E-state index contributed by atoms with van der Waals surface area (Å²) >= 11 is 0. The van der Waals surface area contributed by atoms with Gasteiger partial charge in [-0.25, -0.2) is 17.6 Å². The lowest BCUT2D eigenvalue weighted by molar-refractivity contribution is -0.275. The Bertz CT molecular complexity index is 3180. The minimum atomic E-state index is -5.26. The Morgan fingerprint density at radius 1 is 0.480 bits per heavy atom. The van der Waals surface area contributed by atoms with Crippen LogP contribution in [0.1, 0.15) is 52.6 Å². The van der Waals surface area contributed by atoms with Crippen LogP contribution in [-0.4, -0.2) is 48.6 Å². The zero-order valence-electron chi connectivity index (χ0n) is 36.6. The highest BCUT2D eigenvalue weighted by Crippen LogP contribution is 2.43. The van der Waals surface area contributed by atoms with Crippen molar-refractivity contribution in [2.75, 3.05) is 17.7 Å². The number of aromatic hydroxyl groups is 1. The van der Waals surface area contributed by atoms with Crippen molar-refractivity contribution in [3.63, 3.8) is 0 Å². The van der Waals surface area contributed by atoms with Crippen LogP contribution in [0.15, 0.2) is 97.1 Å². The van der Waals surface area contributed by atoms with Crippen molar-refractivity contribution in [2.45, 2.75) is 25.1 Å². The summed E-state index contributed by atoms with van der Waals surface area (Å²) in [4.78, 5) is 48.3. The number of anilines is 2. The standard InChI is InChI=1S/C23H14F8N2O5.C22H12F8N2O5/c1-36-17-9-11(38-23(29,30)31)3-6-15(17)37-16-7-4-13(22(26,27)28)19(25)18(16)21(35)33-10-2-5-14(24)12(8-10)20(32)34;23-13-4-1-9(7-11(13)19(31)34)32-20(35)17-16(6-3-12(18(17)24)21(25,26)27)36-15-5-2-10(8-14(15)33)37-22(28,29)30/h2-9H,1H3,(H2,32,34)(H,33,35);1-8,33H,(H2,31,34)(H,32,35). The lowest BCUT2D eigenvalue weighted by atomic mass is 10.1. The second kappa shape index (κ2) is 21.9. The normalized spacial score (nSPS) is 11.6. The van der Waals surface area contributed by atoms with Crippen LogP contribution >= 0.6 is 0 Å². The van der Waals surface area contributed by atoms with E-state index in [1.165, 1.54) is 0 Å². The second-order valence-electron chi connectivity index (χ2n) is 14.4. The third kappa shape index (κ3) is 14.5. The molecule has 398 valence electrons. The van der Waals surface area contributed by atoms with E-state index in [-0.39, 0.29) is 23.5 Å². The fourth-order valence-corrected chi connectivity index (χ4v) is 6.07. The zero-order chi connectivity index (χ0) is 56.1. The van der Waals surface area contributed by atoms with Crippen LogP contribution < -0.4 is 45.8 Å². The minimum Gasteiger partial charge on any atom is -0.504 e. The predicted molar refractivity (Wildman–Crippen MR) is 223 cm³/mol. The summed E-state index contributed by atoms with van der Waals surface area (Å²) in [6.45, 7) is 0. The number of hydrogen-bond acceptors (Lipinski definition) is 10. The van der Waals surface area contributed by atoms with Crippen molar-refractivity contribution < 1.29 is 118 Å². The molecule has 4 amide bonds. The molecule has 30 heteroatoms. The number of amides is 4. The van der Waals surface area contributed by atoms with Crippen molar-refractivity contribution >= 4 is 35.0 Å². The largest absolute Gasteiger partial charge is 0.573 e. The molecule has 0 unspecified atom stereocenters. The van der Waals surface area contributed by atoms with E-state index in [9.17, 15) is 90.1 Å². The number of alkyl halides is 12. The van der Waals surface area contributed by atoms with E-state index in [0.29, 0.717) is 36.4 Å². The Morgan fingerprint density at radius 3 is 1.21 bits per heavy atom. The van der Waals surface area contributed by atoms with Gasteiger partial charge in [0.05, 0.1) is 29.4 Å². The fraction of sp³-hybridized carbons (Fsp3) is 0.111. The van der Waals surface area contributed by atoms with E-state index in [0.717, 1.165) is 55.6 Å². The molecule has 0 aliphatic heterocycles. The van der Waals surface area contributed by atoms with Gasteiger partial charge in [-0.05, 0) is 84.9 Å². The molecule has 6 aromatic carbocycles. The molecule has 0 aromatic heterocycles. The maximum absolute atomic E-state index is 15.0. The number of methoxy groups -OCH3 is 1. The van der Waals surface area contributed by atoms with Gasteiger partial charge in [-0.1, -0.05) is 0 Å². The number of rotatable bonds is 13. The van der Waals surface area contributed by atoms with Gasteiger partial charge in [0.25, 0.3) is 23.6 Å². The average Bonchev–Trinajstić information content (AvgIpc) is 3.27. The first-order valence-electron chi connectivity index (χ1n) is 19.7. The molecule has 14 nitrogen and oxygen atoms in total. The number of primary amides is 2. The molecule has 0 fully saturated rings. The third-order valence-corrected chi connectivity index (χ3v) is 9.22. The van der Waals surface area contributed by atoms with Gasteiger partial charge in [-0.2, -0.15) is 26.3 Å². The highest BCUT2D eigenvalue weighted by atomic mass is 19.4. The highest BCUT2D eigenvalue weighted by Gasteiger charge is 2.40. The van der Waals surface area contributed by atoms with E-state index >= 15 is 4.39 Å². The molecule has 0 saturated heterocycles. The summed E-state index contributed by atoms with van der Waals surface area (Å²) < 4.78 is 234. The maximum atomic E-state index is 15.0. The van der Waals surface area contributed by atoms with Gasteiger partial charge < -0.3 is 50.9 Å². The van der Waals surface area contributed by atoms with E-state index in [1.54, 1.807) is 0 Å². The van der Waals surface area contributed by atoms with Gasteiger partial charge in [0, 0.05) is 23.5 Å². The number of benzene rings is 6. The summed E-state index contributed by atoms with van der Waals surface area (Å²) in [5, 5.41) is 13.9. The monoisotopic (exact) mass is 1090 g/mol. The van der Waals surface area contributed by atoms with Gasteiger partial charge in [-0.15, -0.1) is 26.3 Å². The molecule has 75 heavy (non-hydrogen) atoms. The molecule has 0 saturated carbocycles. The number of hydrogen-bond donors (Lipinski definition) is 5. The Hall–Kier alpha value is -9.12. The molecule has 0 atom stereocenters. The second-order valence-corrected chi connectivity index (χ2v) is 14.4. The molecule has 0 radical (unpaired) electrons. The molecule has 0 aliphatic carbocycles. The number of carbonyl (C=O) groups excluding carboxylic acids is 4. The Balaban J connectivity index is 0.000000277. The van der Waals surface area contributed by atoms with Crippen molar-refractivity contribution in [2.24, 2.45) is 11.5 Å². The number of halogens is 16. The number of carbonyl (C=O) groups is 4. The van der Waals surface area contributed by atoms with Gasteiger partial charge in [-0.3, -0.25) is 19.2 Å². The van der Waals surface area contributed by atoms with Gasteiger partial charge in [0.2, 0.25) is 0 Å².